The first-order chi connectivity index (χ1) is 11.6. The Bertz CT molecular complexity index is 465. The van der Waals surface area contributed by atoms with Gasteiger partial charge < -0.3 is 4.57 Å². The quantitative estimate of drug-likeness (QED) is 0.498. The lowest BCUT2D eigenvalue weighted by atomic mass is 9.63. The van der Waals surface area contributed by atoms with Gasteiger partial charge in [-0.1, -0.05) is 59.5 Å². The van der Waals surface area contributed by atoms with Gasteiger partial charge in [0, 0.05) is 5.54 Å². The summed E-state index contributed by atoms with van der Waals surface area (Å²) in [6.45, 7) is 21.6. The van der Waals surface area contributed by atoms with Crippen molar-refractivity contribution in [2.75, 3.05) is 6.54 Å². The second-order valence-electron chi connectivity index (χ2n) is 11.4. The van der Waals surface area contributed by atoms with E-state index in [1.807, 2.05) is 0 Å². The second-order valence-corrected chi connectivity index (χ2v) is 15.9. The van der Waals surface area contributed by atoms with E-state index >= 15 is 0 Å². The van der Waals surface area contributed by atoms with Gasteiger partial charge in [-0.2, -0.15) is 0 Å². The van der Waals surface area contributed by atoms with Gasteiger partial charge in [-0.25, -0.2) is 0 Å². The molecule has 0 aromatic carbocycles. The first kappa shape index (κ1) is 19.9. The van der Waals surface area contributed by atoms with Crippen molar-refractivity contribution in [1.82, 2.24) is 4.57 Å². The third-order valence-corrected chi connectivity index (χ3v) is 13.9. The zero-order valence-corrected chi connectivity index (χ0v) is 19.4. The molecule has 146 valence electrons. The van der Waals surface area contributed by atoms with Gasteiger partial charge in [-0.15, -0.1) is 0 Å². The van der Waals surface area contributed by atoms with Gasteiger partial charge in [0.25, 0.3) is 0 Å². The van der Waals surface area contributed by atoms with Crippen molar-refractivity contribution < 1.29 is 0 Å². The number of nitrogens with zero attached hydrogens (tertiary/aromatic N) is 1. The molecule has 1 nitrogen and oxygen atoms in total. The molecule has 3 aliphatic rings. The first-order valence-electron chi connectivity index (χ1n) is 11.4. The monoisotopic (exact) mass is 363 g/mol. The van der Waals surface area contributed by atoms with Gasteiger partial charge in [0.1, 0.15) is 8.24 Å². The van der Waals surface area contributed by atoms with Crippen molar-refractivity contribution in [2.24, 2.45) is 35.5 Å². The Balaban J connectivity index is 1.90. The molecule has 0 heterocycles. The largest absolute Gasteiger partial charge is 0.319 e. The van der Waals surface area contributed by atoms with Crippen LogP contribution in [0.3, 0.4) is 0 Å². The van der Waals surface area contributed by atoms with Crippen molar-refractivity contribution in [2.45, 2.75) is 104 Å². The highest BCUT2D eigenvalue weighted by Gasteiger charge is 2.57. The van der Waals surface area contributed by atoms with Crippen LogP contribution in [0.2, 0.25) is 18.6 Å². The minimum absolute atomic E-state index is 0.313. The van der Waals surface area contributed by atoms with Crippen molar-refractivity contribution in [3.8, 4) is 0 Å². The van der Waals surface area contributed by atoms with E-state index in [-0.39, 0.29) is 0 Å². The average molecular weight is 364 g/mol. The van der Waals surface area contributed by atoms with Gasteiger partial charge in [0.2, 0.25) is 0 Å². The second kappa shape index (κ2) is 6.97. The highest BCUT2D eigenvalue weighted by atomic mass is 28.3. The third kappa shape index (κ3) is 3.40. The summed E-state index contributed by atoms with van der Waals surface area (Å²) in [5.41, 5.74) is 1.31. The molecule has 0 aromatic rings. The predicted molar refractivity (Wildman–Crippen MR) is 113 cm³/mol. The molecule has 3 saturated carbocycles. The molecule has 3 fully saturated rings. The minimum Gasteiger partial charge on any atom is -0.319 e. The molecule has 3 rings (SSSR count). The number of hydrogen-bond acceptors (Lipinski definition) is 1. The Labute approximate surface area is 159 Å². The summed E-state index contributed by atoms with van der Waals surface area (Å²) >= 11 is 0. The Morgan fingerprint density at radius 1 is 0.880 bits per heavy atom. The topological polar surface area (TPSA) is 3.24 Å². The maximum absolute atomic E-state index is 2.95. The van der Waals surface area contributed by atoms with E-state index < -0.39 is 8.24 Å². The molecule has 0 N–H and O–H groups in total. The van der Waals surface area contributed by atoms with E-state index in [1.165, 1.54) is 19.4 Å². The van der Waals surface area contributed by atoms with E-state index in [0.29, 0.717) is 5.54 Å². The molecule has 7 unspecified atom stereocenters. The molecule has 0 aliphatic heterocycles. The molecular weight excluding hydrogens is 318 g/mol. The van der Waals surface area contributed by atoms with Crippen LogP contribution in [0.4, 0.5) is 0 Å². The third-order valence-electron chi connectivity index (χ3n) is 8.94. The van der Waals surface area contributed by atoms with Crippen LogP contribution in [0.5, 0.6) is 0 Å². The van der Waals surface area contributed by atoms with Gasteiger partial charge in [0.05, 0.1) is 0 Å². The smallest absolute Gasteiger partial charge is 0.126 e. The average Bonchev–Trinajstić information content (AvgIpc) is 2.75. The van der Waals surface area contributed by atoms with Crippen LogP contribution in [0.1, 0.15) is 80.1 Å². The van der Waals surface area contributed by atoms with Crippen LogP contribution in [-0.2, 0) is 0 Å². The van der Waals surface area contributed by atoms with Crippen LogP contribution in [0.15, 0.2) is 0 Å². The van der Waals surface area contributed by atoms with Crippen LogP contribution in [0, 0.1) is 35.5 Å². The molecule has 0 aromatic heterocycles. The Morgan fingerprint density at radius 3 is 1.88 bits per heavy atom. The first-order valence-corrected chi connectivity index (χ1v) is 14.4. The number of hydrogen-bond donors (Lipinski definition) is 0. The van der Waals surface area contributed by atoms with Crippen LogP contribution < -0.4 is 0 Å². The van der Waals surface area contributed by atoms with Crippen LogP contribution >= 0.6 is 0 Å². The summed E-state index contributed by atoms with van der Waals surface area (Å²) < 4.78 is 2.95. The summed E-state index contributed by atoms with van der Waals surface area (Å²) in [5, 5.41) is 0. The van der Waals surface area contributed by atoms with Gasteiger partial charge >= 0.3 is 0 Å². The summed E-state index contributed by atoms with van der Waals surface area (Å²) in [4.78, 5) is 0. The highest BCUT2D eigenvalue weighted by molar-refractivity contribution is 6.76. The maximum Gasteiger partial charge on any atom is 0.126 e. The van der Waals surface area contributed by atoms with E-state index in [1.54, 1.807) is 25.7 Å². The van der Waals surface area contributed by atoms with Gasteiger partial charge in [-0.05, 0) is 81.2 Å². The molecule has 0 radical (unpaired) electrons. The lowest BCUT2D eigenvalue weighted by molar-refractivity contribution is 0.0776. The summed E-state index contributed by atoms with van der Waals surface area (Å²) in [6.07, 6.45) is 9.26. The fraction of sp³-hybridized carbons (Fsp3) is 1.00. The van der Waals surface area contributed by atoms with Crippen molar-refractivity contribution >= 4 is 8.24 Å². The molecule has 0 spiro atoms. The molecule has 7 atom stereocenters. The fourth-order valence-corrected chi connectivity index (χ4v) is 14.1. The molecule has 0 bridgehead atoms. The highest BCUT2D eigenvalue weighted by Crippen LogP contribution is 2.62. The standard InChI is InChI=1S/C23H45NSi/c1-9-24(23(4,5)6)25(7,8)22-17(3)16(2)20-14-18-12-10-11-13-19(18)15-21(20)22/h16-22H,9-15H2,1-8H3. The van der Waals surface area contributed by atoms with E-state index in [0.717, 1.165) is 41.0 Å². The molecule has 2 heteroatoms. The van der Waals surface area contributed by atoms with Gasteiger partial charge in [0.15, 0.2) is 0 Å². The molecular formula is C23H45NSi. The Hall–Kier alpha value is 0.177. The zero-order chi connectivity index (χ0) is 18.6. The Morgan fingerprint density at radius 2 is 1.40 bits per heavy atom. The molecule has 3 aliphatic carbocycles. The summed E-state index contributed by atoms with van der Waals surface area (Å²) in [7, 11) is -1.47. The lowest BCUT2D eigenvalue weighted by Crippen LogP contribution is -2.61. The van der Waals surface area contributed by atoms with Crippen molar-refractivity contribution in [3.63, 3.8) is 0 Å². The minimum atomic E-state index is -1.47. The van der Waals surface area contributed by atoms with Crippen molar-refractivity contribution in [1.29, 1.82) is 0 Å². The number of fused-ring (bicyclic) bond motifs is 2. The lowest BCUT2D eigenvalue weighted by Gasteiger charge is -2.53. The summed E-state index contributed by atoms with van der Waals surface area (Å²) in [6, 6.07) is 0. The van der Waals surface area contributed by atoms with E-state index in [9.17, 15) is 0 Å². The molecule has 0 saturated heterocycles. The van der Waals surface area contributed by atoms with Gasteiger partial charge in [-0.3, -0.25) is 0 Å². The molecule has 25 heavy (non-hydrogen) atoms. The fourth-order valence-electron chi connectivity index (χ4n) is 8.17. The SMILES string of the molecule is CCN(C(C)(C)C)[Si](C)(C)C1C(C)C(C)C2CC3CCCCC3CC21. The summed E-state index contributed by atoms with van der Waals surface area (Å²) in [5.74, 6) is 6.09. The van der Waals surface area contributed by atoms with Crippen molar-refractivity contribution in [3.05, 3.63) is 0 Å². The van der Waals surface area contributed by atoms with E-state index in [4.69, 9.17) is 0 Å². The predicted octanol–water partition coefficient (Wildman–Crippen LogP) is 6.80. The maximum atomic E-state index is 2.95. The van der Waals surface area contributed by atoms with Crippen LogP contribution in [-0.4, -0.2) is 24.9 Å². The van der Waals surface area contributed by atoms with Crippen LogP contribution in [0.25, 0.3) is 0 Å². The zero-order valence-electron chi connectivity index (χ0n) is 18.4. The Kier molecular flexibility index (Phi) is 5.55. The van der Waals surface area contributed by atoms with E-state index in [2.05, 4.69) is 59.2 Å². The molecule has 0 amide bonds. The number of rotatable bonds is 3. The normalized spacial score (nSPS) is 42.4.